The summed E-state index contributed by atoms with van der Waals surface area (Å²) in [6.07, 6.45) is 7.00. The third-order valence-corrected chi connectivity index (χ3v) is 5.61. The molecule has 4 nitrogen and oxygen atoms in total. The van der Waals surface area contributed by atoms with Crippen LogP contribution in [-0.2, 0) is 6.42 Å². The molecular formula is C25H40N4. The fourth-order valence-corrected chi connectivity index (χ4v) is 3.03. The second-order valence-corrected chi connectivity index (χ2v) is 7.78. The average Bonchev–Trinajstić information content (AvgIpc) is 3.25. The first kappa shape index (κ1) is 24.7. The Morgan fingerprint density at radius 3 is 2.31 bits per heavy atom. The van der Waals surface area contributed by atoms with Crippen molar-refractivity contribution in [2.75, 3.05) is 11.9 Å². The molecule has 0 aliphatic heterocycles. The lowest BCUT2D eigenvalue weighted by molar-refractivity contribution is 0.212. The minimum absolute atomic E-state index is 0.353. The van der Waals surface area contributed by atoms with E-state index in [4.69, 9.17) is 0 Å². The van der Waals surface area contributed by atoms with Crippen LogP contribution in [0.1, 0.15) is 66.9 Å². The van der Waals surface area contributed by atoms with Crippen molar-refractivity contribution in [3.05, 3.63) is 54.5 Å². The number of nitrogens with one attached hydrogen (secondary N) is 2. The summed E-state index contributed by atoms with van der Waals surface area (Å²) in [5, 5.41) is 4.50. The molecule has 1 atom stereocenters. The number of aromatic amines is 1. The molecule has 2 N–H and O–H groups in total. The van der Waals surface area contributed by atoms with E-state index in [1.807, 2.05) is 32.2 Å². The van der Waals surface area contributed by atoms with Gasteiger partial charge < -0.3 is 10.3 Å². The van der Waals surface area contributed by atoms with Gasteiger partial charge in [-0.3, -0.25) is 0 Å². The van der Waals surface area contributed by atoms with Crippen molar-refractivity contribution in [2.45, 2.75) is 67.7 Å². The average molecular weight is 397 g/mol. The second-order valence-electron chi connectivity index (χ2n) is 7.78. The molecule has 0 radical (unpaired) electrons. The van der Waals surface area contributed by atoms with Gasteiger partial charge in [0.15, 0.2) is 0 Å². The van der Waals surface area contributed by atoms with Crippen LogP contribution >= 0.6 is 0 Å². The summed E-state index contributed by atoms with van der Waals surface area (Å²) in [7, 11) is 0. The van der Waals surface area contributed by atoms with E-state index in [1.54, 1.807) is 6.33 Å². The van der Waals surface area contributed by atoms with Crippen molar-refractivity contribution < 1.29 is 0 Å². The smallest absolute Gasteiger partial charge is 0.142 e. The summed E-state index contributed by atoms with van der Waals surface area (Å²) >= 11 is 0. The maximum absolute atomic E-state index is 4.32. The monoisotopic (exact) mass is 396 g/mol. The van der Waals surface area contributed by atoms with Gasteiger partial charge in [-0.25, -0.2) is 9.97 Å². The van der Waals surface area contributed by atoms with Gasteiger partial charge in [-0.05, 0) is 35.8 Å². The first-order chi connectivity index (χ1) is 14.0. The fourth-order valence-electron chi connectivity index (χ4n) is 3.03. The first-order valence-electron chi connectivity index (χ1n) is 11.0. The molecule has 0 saturated heterocycles. The summed E-state index contributed by atoms with van der Waals surface area (Å²) in [6.45, 7) is 16.4. The molecule has 0 aliphatic rings. The molecule has 3 rings (SSSR count). The Labute approximate surface area is 177 Å². The molecule has 0 saturated carbocycles. The maximum atomic E-state index is 4.32. The molecule has 0 aliphatic carbocycles. The summed E-state index contributed by atoms with van der Waals surface area (Å²) in [5.41, 5.74) is 2.65. The number of fused-ring (bicyclic) bond motifs is 1. The Kier molecular flexibility index (Phi) is 11.0. The van der Waals surface area contributed by atoms with Crippen LogP contribution in [0.2, 0.25) is 0 Å². The van der Waals surface area contributed by atoms with E-state index in [1.165, 1.54) is 12.0 Å². The van der Waals surface area contributed by atoms with Crippen LogP contribution in [0, 0.1) is 11.3 Å². The molecule has 1 aromatic carbocycles. The van der Waals surface area contributed by atoms with Gasteiger partial charge in [0, 0.05) is 12.7 Å². The van der Waals surface area contributed by atoms with Crippen LogP contribution in [0.4, 0.5) is 5.82 Å². The van der Waals surface area contributed by atoms with Gasteiger partial charge in [0.2, 0.25) is 0 Å². The number of anilines is 1. The van der Waals surface area contributed by atoms with Crippen molar-refractivity contribution in [3.63, 3.8) is 0 Å². The Bertz CT molecular complexity index is 793. The standard InChI is InChI=1S/C15H24N4.C8H10.C2H6/c1-5-11(2)15(3,4)7-9-17-14-12-6-8-16-13(12)18-10-19-14;1-2-8-6-4-3-5-7-8;1-2/h6,8,10-11H,5,7,9H2,1-4H3,(H2,16,17,18,19);3-7H,2H2,1H3;1-2H3/t11-;;/m0../s1. The predicted octanol–water partition coefficient (Wildman–Crippen LogP) is 7.11. The van der Waals surface area contributed by atoms with Crippen molar-refractivity contribution >= 4 is 16.9 Å². The molecule has 3 aromatic rings. The molecule has 0 bridgehead atoms. The van der Waals surface area contributed by atoms with Crippen molar-refractivity contribution in [1.82, 2.24) is 15.0 Å². The Morgan fingerprint density at radius 1 is 1.03 bits per heavy atom. The summed E-state index contributed by atoms with van der Waals surface area (Å²) in [5.74, 6) is 1.65. The van der Waals surface area contributed by atoms with Crippen molar-refractivity contribution in [3.8, 4) is 0 Å². The molecule has 2 aromatic heterocycles. The van der Waals surface area contributed by atoms with E-state index < -0.39 is 0 Å². The summed E-state index contributed by atoms with van der Waals surface area (Å²) < 4.78 is 0. The van der Waals surface area contributed by atoms with Gasteiger partial charge in [0.05, 0.1) is 5.39 Å². The zero-order chi connectivity index (χ0) is 21.7. The molecule has 0 unspecified atom stereocenters. The van der Waals surface area contributed by atoms with Gasteiger partial charge in [-0.2, -0.15) is 0 Å². The molecular weight excluding hydrogens is 356 g/mol. The van der Waals surface area contributed by atoms with E-state index in [0.29, 0.717) is 5.41 Å². The molecule has 29 heavy (non-hydrogen) atoms. The van der Waals surface area contributed by atoms with Crippen LogP contribution in [0.15, 0.2) is 48.9 Å². The molecule has 0 amide bonds. The number of aryl methyl sites for hydroxylation is 1. The molecule has 160 valence electrons. The SMILES string of the molecule is CC.CC[C@H](C)C(C)(C)CCNc1ncnc2[nH]ccc12.CCc1ccccc1. The van der Waals surface area contributed by atoms with Gasteiger partial charge in [0.25, 0.3) is 0 Å². The van der Waals surface area contributed by atoms with Crippen molar-refractivity contribution in [2.24, 2.45) is 11.3 Å². The highest BCUT2D eigenvalue weighted by atomic mass is 15.0. The maximum Gasteiger partial charge on any atom is 0.142 e. The first-order valence-corrected chi connectivity index (χ1v) is 11.0. The third-order valence-electron chi connectivity index (χ3n) is 5.61. The zero-order valence-corrected chi connectivity index (χ0v) is 19.4. The summed E-state index contributed by atoms with van der Waals surface area (Å²) in [4.78, 5) is 11.6. The quantitative estimate of drug-likeness (QED) is 0.447. The molecule has 4 heteroatoms. The van der Waals surface area contributed by atoms with E-state index in [0.717, 1.165) is 42.2 Å². The highest BCUT2D eigenvalue weighted by Crippen LogP contribution is 2.32. The number of rotatable bonds is 7. The minimum atomic E-state index is 0.353. The topological polar surface area (TPSA) is 53.6 Å². The minimum Gasteiger partial charge on any atom is -0.369 e. The highest BCUT2D eigenvalue weighted by Gasteiger charge is 2.23. The number of hydrogen-bond donors (Lipinski definition) is 2. The normalized spacial score (nSPS) is 11.7. The lowest BCUT2D eigenvalue weighted by atomic mass is 9.76. The second kappa shape index (κ2) is 13.0. The van der Waals surface area contributed by atoms with Gasteiger partial charge in [-0.1, -0.05) is 85.2 Å². The number of benzene rings is 1. The van der Waals surface area contributed by atoms with E-state index >= 15 is 0 Å². The summed E-state index contributed by atoms with van der Waals surface area (Å²) in [6, 6.07) is 12.5. The van der Waals surface area contributed by atoms with E-state index in [2.05, 4.69) is 79.2 Å². The number of aromatic nitrogens is 3. The Morgan fingerprint density at radius 2 is 1.72 bits per heavy atom. The number of H-pyrrole nitrogens is 1. The van der Waals surface area contributed by atoms with Crippen molar-refractivity contribution in [1.29, 1.82) is 0 Å². The van der Waals surface area contributed by atoms with Gasteiger partial charge in [0.1, 0.15) is 17.8 Å². The molecule has 0 spiro atoms. The molecule has 0 fully saturated rings. The van der Waals surface area contributed by atoms with Crippen LogP contribution in [0.5, 0.6) is 0 Å². The van der Waals surface area contributed by atoms with E-state index in [-0.39, 0.29) is 0 Å². The van der Waals surface area contributed by atoms with Crippen LogP contribution in [0.3, 0.4) is 0 Å². The zero-order valence-electron chi connectivity index (χ0n) is 19.4. The van der Waals surface area contributed by atoms with E-state index in [9.17, 15) is 0 Å². The Hall–Kier alpha value is -2.36. The van der Waals surface area contributed by atoms with Crippen LogP contribution < -0.4 is 5.32 Å². The number of hydrogen-bond acceptors (Lipinski definition) is 3. The highest BCUT2D eigenvalue weighted by molar-refractivity contribution is 5.86. The predicted molar refractivity (Wildman–Crippen MR) is 127 cm³/mol. The van der Waals surface area contributed by atoms with Crippen LogP contribution in [0.25, 0.3) is 11.0 Å². The lowest BCUT2D eigenvalue weighted by Crippen LogP contribution is -2.24. The largest absolute Gasteiger partial charge is 0.369 e. The Balaban J connectivity index is 0.000000351. The van der Waals surface area contributed by atoms with Crippen LogP contribution in [-0.4, -0.2) is 21.5 Å². The fraction of sp³-hybridized carbons (Fsp3) is 0.520. The molecule has 2 heterocycles. The van der Waals surface area contributed by atoms with Gasteiger partial charge >= 0.3 is 0 Å². The van der Waals surface area contributed by atoms with Gasteiger partial charge in [-0.15, -0.1) is 0 Å². The third kappa shape index (κ3) is 7.88. The lowest BCUT2D eigenvalue weighted by Gasteiger charge is -2.31. The number of nitrogens with zero attached hydrogens (tertiary/aromatic N) is 2.